The van der Waals surface area contributed by atoms with E-state index in [9.17, 15) is 9.59 Å². The molecule has 142 valence electrons. The molecule has 1 saturated carbocycles. The van der Waals surface area contributed by atoms with Crippen LogP contribution in [0.5, 0.6) is 0 Å². The van der Waals surface area contributed by atoms with Crippen molar-refractivity contribution in [1.82, 2.24) is 9.97 Å². The second kappa shape index (κ2) is 5.83. The summed E-state index contributed by atoms with van der Waals surface area (Å²) in [5.74, 6) is 0.619. The Labute approximate surface area is 168 Å². The van der Waals surface area contributed by atoms with Crippen LogP contribution in [-0.4, -0.2) is 21.8 Å². The van der Waals surface area contributed by atoms with Gasteiger partial charge < -0.3 is 0 Å². The van der Waals surface area contributed by atoms with E-state index < -0.39 is 0 Å². The van der Waals surface area contributed by atoms with Gasteiger partial charge in [0, 0.05) is 17.1 Å². The molecule has 2 amide bonds. The molecular weight excluding hydrogens is 362 g/mol. The molecule has 2 heterocycles. The van der Waals surface area contributed by atoms with Gasteiger partial charge in [-0.2, -0.15) is 0 Å². The van der Waals surface area contributed by atoms with Gasteiger partial charge in [-0.05, 0) is 55.0 Å². The van der Waals surface area contributed by atoms with Gasteiger partial charge >= 0.3 is 0 Å². The number of aromatic nitrogens is 2. The predicted octanol–water partition coefficient (Wildman–Crippen LogP) is 3.92. The Kier molecular flexibility index (Phi) is 3.34. The van der Waals surface area contributed by atoms with E-state index in [2.05, 4.69) is 17.1 Å². The lowest BCUT2D eigenvalue weighted by Gasteiger charge is -2.17. The van der Waals surface area contributed by atoms with Gasteiger partial charge in [-0.15, -0.1) is 0 Å². The molecule has 3 aromatic rings. The molecule has 1 aromatic heterocycles. The molecule has 2 aliphatic carbocycles. The van der Waals surface area contributed by atoms with Crippen LogP contribution in [0.25, 0.3) is 22.3 Å². The minimum atomic E-state index is -0.177. The maximum absolute atomic E-state index is 13.0. The van der Waals surface area contributed by atoms with Gasteiger partial charge in [0.1, 0.15) is 0 Å². The van der Waals surface area contributed by atoms with Crippen molar-refractivity contribution >= 4 is 28.4 Å². The van der Waals surface area contributed by atoms with Crippen LogP contribution >= 0.6 is 0 Å². The number of allylic oxidation sites excluding steroid dienone is 2. The normalized spacial score (nSPS) is 27.3. The Balaban J connectivity index is 1.33. The summed E-state index contributed by atoms with van der Waals surface area (Å²) in [4.78, 5) is 36.5. The van der Waals surface area contributed by atoms with Gasteiger partial charge in [0.2, 0.25) is 11.8 Å². The van der Waals surface area contributed by atoms with Crippen molar-refractivity contribution in [2.24, 2.45) is 23.7 Å². The largest absolute Gasteiger partial charge is 0.274 e. The SMILES string of the molecule is Cc1cccc2cnc(-c3ccc(N4C(=O)[C@@H]5[C@H](C4=O)C4C=C[C@H]5C4)cc3)nc12. The van der Waals surface area contributed by atoms with Crippen LogP contribution in [0.3, 0.4) is 0 Å². The van der Waals surface area contributed by atoms with Gasteiger partial charge in [0.05, 0.1) is 23.0 Å². The number of carbonyl (C=O) groups is 2. The zero-order chi connectivity index (χ0) is 19.7. The van der Waals surface area contributed by atoms with E-state index in [0.29, 0.717) is 11.5 Å². The van der Waals surface area contributed by atoms with E-state index in [1.54, 1.807) is 0 Å². The zero-order valence-electron chi connectivity index (χ0n) is 15.9. The highest BCUT2D eigenvalue weighted by molar-refractivity contribution is 6.22. The zero-order valence-corrected chi connectivity index (χ0v) is 15.9. The molecule has 2 bridgehead atoms. The quantitative estimate of drug-likeness (QED) is 0.499. The molecular formula is C24H19N3O2. The molecule has 0 spiro atoms. The lowest BCUT2D eigenvalue weighted by molar-refractivity contribution is -0.123. The number of carbonyl (C=O) groups excluding carboxylic acids is 2. The third-order valence-electron chi connectivity index (χ3n) is 6.67. The number of fused-ring (bicyclic) bond motifs is 6. The average Bonchev–Trinajstić information content (AvgIpc) is 3.42. The number of anilines is 1. The first kappa shape index (κ1) is 16.6. The van der Waals surface area contributed by atoms with E-state index in [4.69, 9.17) is 4.98 Å². The highest BCUT2D eigenvalue weighted by Crippen LogP contribution is 2.53. The van der Waals surface area contributed by atoms with Crippen molar-refractivity contribution in [3.8, 4) is 11.4 Å². The maximum Gasteiger partial charge on any atom is 0.238 e. The van der Waals surface area contributed by atoms with Gasteiger partial charge in [-0.3, -0.25) is 14.5 Å². The van der Waals surface area contributed by atoms with Crippen LogP contribution in [-0.2, 0) is 9.59 Å². The molecule has 0 N–H and O–H groups in total. The van der Waals surface area contributed by atoms with E-state index in [1.165, 1.54) is 4.90 Å². The summed E-state index contributed by atoms with van der Waals surface area (Å²) in [6.07, 6.45) is 7.00. The number of rotatable bonds is 2. The summed E-state index contributed by atoms with van der Waals surface area (Å²) in [6, 6.07) is 13.5. The van der Waals surface area contributed by atoms with Crippen LogP contribution in [0.1, 0.15) is 12.0 Å². The number of hydrogen-bond acceptors (Lipinski definition) is 4. The molecule has 4 atom stereocenters. The van der Waals surface area contributed by atoms with E-state index in [-0.39, 0.29) is 35.5 Å². The number of amides is 2. The molecule has 5 nitrogen and oxygen atoms in total. The number of imide groups is 1. The lowest BCUT2D eigenvalue weighted by atomic mass is 9.85. The molecule has 3 aliphatic rings. The van der Waals surface area contributed by atoms with Crippen molar-refractivity contribution in [2.45, 2.75) is 13.3 Å². The molecule has 6 rings (SSSR count). The van der Waals surface area contributed by atoms with Crippen molar-refractivity contribution in [2.75, 3.05) is 4.90 Å². The van der Waals surface area contributed by atoms with E-state index in [1.807, 2.05) is 55.6 Å². The van der Waals surface area contributed by atoms with Gasteiger partial charge in [0.15, 0.2) is 5.82 Å². The third-order valence-corrected chi connectivity index (χ3v) is 6.67. The number of para-hydroxylation sites is 1. The van der Waals surface area contributed by atoms with E-state index >= 15 is 0 Å². The Morgan fingerprint density at radius 1 is 0.931 bits per heavy atom. The fraction of sp³-hybridized carbons (Fsp3) is 0.250. The average molecular weight is 381 g/mol. The number of nitrogens with zero attached hydrogens (tertiary/aromatic N) is 3. The van der Waals surface area contributed by atoms with Crippen LogP contribution in [0, 0.1) is 30.6 Å². The van der Waals surface area contributed by atoms with Crippen LogP contribution in [0.4, 0.5) is 5.69 Å². The summed E-state index contributed by atoms with van der Waals surface area (Å²) in [6.45, 7) is 2.03. The highest BCUT2D eigenvalue weighted by Gasteiger charge is 2.59. The molecule has 1 unspecified atom stereocenters. The first-order valence-corrected chi connectivity index (χ1v) is 10.0. The van der Waals surface area contributed by atoms with Crippen molar-refractivity contribution < 1.29 is 9.59 Å². The van der Waals surface area contributed by atoms with Crippen LogP contribution in [0.15, 0.2) is 60.8 Å². The number of aryl methyl sites for hydroxylation is 1. The smallest absolute Gasteiger partial charge is 0.238 e. The highest BCUT2D eigenvalue weighted by atomic mass is 16.2. The first-order valence-electron chi connectivity index (χ1n) is 10.0. The monoisotopic (exact) mass is 381 g/mol. The minimum absolute atomic E-state index is 0.0535. The Morgan fingerprint density at radius 3 is 2.31 bits per heavy atom. The van der Waals surface area contributed by atoms with Gasteiger partial charge in [-0.25, -0.2) is 9.97 Å². The summed E-state index contributed by atoms with van der Waals surface area (Å²) in [5.41, 5.74) is 3.53. The van der Waals surface area contributed by atoms with Crippen LogP contribution in [0.2, 0.25) is 0 Å². The van der Waals surface area contributed by atoms with Gasteiger partial charge in [0.25, 0.3) is 0 Å². The summed E-state index contributed by atoms with van der Waals surface area (Å²) < 4.78 is 0. The summed E-state index contributed by atoms with van der Waals surface area (Å²) >= 11 is 0. The standard InChI is InChI=1S/C24H19N3O2/c1-13-3-2-4-17-12-25-22(26-21(13)17)14-7-9-18(10-8-14)27-23(28)19-15-5-6-16(11-15)20(19)24(27)29/h2-10,12,15-16,19-20H,11H2,1H3/t15-,16?,19-,20+/m0/s1. The maximum atomic E-state index is 13.0. The summed E-state index contributed by atoms with van der Waals surface area (Å²) in [7, 11) is 0. The fourth-order valence-corrected chi connectivity index (χ4v) is 5.26. The minimum Gasteiger partial charge on any atom is -0.274 e. The molecule has 2 aromatic carbocycles. The lowest BCUT2D eigenvalue weighted by Crippen LogP contribution is -2.32. The summed E-state index contributed by atoms with van der Waals surface area (Å²) in [5, 5.41) is 1.01. The van der Waals surface area contributed by atoms with Gasteiger partial charge in [-0.1, -0.05) is 30.4 Å². The van der Waals surface area contributed by atoms with Crippen molar-refractivity contribution in [3.63, 3.8) is 0 Å². The van der Waals surface area contributed by atoms with Crippen LogP contribution < -0.4 is 4.90 Å². The Bertz CT molecular complexity index is 1180. The topological polar surface area (TPSA) is 63.2 Å². The van der Waals surface area contributed by atoms with Crippen molar-refractivity contribution in [3.05, 3.63) is 66.4 Å². The van der Waals surface area contributed by atoms with Crippen molar-refractivity contribution in [1.29, 1.82) is 0 Å². The predicted molar refractivity (Wildman–Crippen MR) is 110 cm³/mol. The number of hydrogen-bond donors (Lipinski definition) is 0. The molecule has 1 aliphatic heterocycles. The fourth-order valence-electron chi connectivity index (χ4n) is 5.26. The first-order chi connectivity index (χ1) is 14.1. The third kappa shape index (κ3) is 2.27. The molecule has 5 heteroatoms. The van der Waals surface area contributed by atoms with E-state index in [0.717, 1.165) is 28.5 Å². The second-order valence-corrected chi connectivity index (χ2v) is 8.26. The molecule has 0 radical (unpaired) electrons. The second-order valence-electron chi connectivity index (χ2n) is 8.26. The molecule has 2 fully saturated rings. The Hall–Kier alpha value is -3.34. The molecule has 1 saturated heterocycles. The number of benzene rings is 2. The Morgan fingerprint density at radius 2 is 1.62 bits per heavy atom. The molecule has 29 heavy (non-hydrogen) atoms.